The predicted molar refractivity (Wildman–Crippen MR) is 70.1 cm³/mol. The van der Waals surface area contributed by atoms with E-state index in [4.69, 9.17) is 0 Å². The molecule has 0 aromatic carbocycles. The van der Waals surface area contributed by atoms with E-state index in [1.165, 1.54) is 0 Å². The van der Waals surface area contributed by atoms with E-state index < -0.39 is 0 Å². The molecule has 2 rings (SSSR count). The van der Waals surface area contributed by atoms with Crippen LogP contribution in [0.1, 0.15) is 45.3 Å². The van der Waals surface area contributed by atoms with E-state index >= 15 is 0 Å². The van der Waals surface area contributed by atoms with Crippen LogP contribution < -0.4 is 0 Å². The summed E-state index contributed by atoms with van der Waals surface area (Å²) in [6.45, 7) is 9.19. The summed E-state index contributed by atoms with van der Waals surface area (Å²) in [5.41, 5.74) is 0.156. The maximum absolute atomic E-state index is 9.89. The van der Waals surface area contributed by atoms with Gasteiger partial charge in [-0.05, 0) is 18.3 Å². The molecule has 102 valence electrons. The van der Waals surface area contributed by atoms with Gasteiger partial charge in [0.15, 0.2) is 0 Å². The van der Waals surface area contributed by atoms with Crippen molar-refractivity contribution in [3.8, 4) is 0 Å². The molecule has 0 radical (unpaired) electrons. The molecule has 18 heavy (non-hydrogen) atoms. The van der Waals surface area contributed by atoms with E-state index in [0.717, 1.165) is 50.5 Å². The van der Waals surface area contributed by atoms with Gasteiger partial charge in [-0.3, -0.25) is 10.00 Å². The van der Waals surface area contributed by atoms with Gasteiger partial charge in [0.25, 0.3) is 0 Å². The summed E-state index contributed by atoms with van der Waals surface area (Å²) in [6.07, 6.45) is 2.41. The zero-order valence-electron chi connectivity index (χ0n) is 11.6. The second kappa shape index (κ2) is 5.36. The highest BCUT2D eigenvalue weighted by atomic mass is 16.3. The monoisotopic (exact) mass is 252 g/mol. The molecule has 1 saturated heterocycles. The molecular weight excluding hydrogens is 228 g/mol. The number of aromatic nitrogens is 3. The first-order valence-corrected chi connectivity index (χ1v) is 6.79. The Morgan fingerprint density at radius 3 is 2.94 bits per heavy atom. The Kier molecular flexibility index (Phi) is 4.02. The fraction of sp³-hybridized carbons (Fsp3) is 0.846. The fourth-order valence-electron chi connectivity index (χ4n) is 2.73. The number of aliphatic hydroxyl groups is 1. The molecule has 1 fully saturated rings. The number of hydrogen-bond donors (Lipinski definition) is 2. The van der Waals surface area contributed by atoms with Gasteiger partial charge in [-0.25, -0.2) is 4.98 Å². The van der Waals surface area contributed by atoms with Crippen molar-refractivity contribution in [3.63, 3.8) is 0 Å². The molecule has 1 aromatic rings. The van der Waals surface area contributed by atoms with Crippen molar-refractivity contribution in [2.75, 3.05) is 13.1 Å². The third kappa shape index (κ3) is 3.53. The normalized spacial score (nSPS) is 25.0. The number of nitrogens with one attached hydrogen (secondary N) is 1. The summed E-state index contributed by atoms with van der Waals surface area (Å²) in [6, 6.07) is 0. The molecule has 0 amide bonds. The lowest BCUT2D eigenvalue weighted by molar-refractivity contribution is 0.121. The fourth-order valence-corrected chi connectivity index (χ4v) is 2.73. The third-order valence-corrected chi connectivity index (χ3v) is 3.49. The molecule has 0 bridgehead atoms. The summed E-state index contributed by atoms with van der Waals surface area (Å²) in [5.74, 6) is 1.80. The zero-order valence-corrected chi connectivity index (χ0v) is 11.6. The highest BCUT2D eigenvalue weighted by molar-refractivity contribution is 4.91. The first kappa shape index (κ1) is 13.5. The molecular formula is C13H24N4O. The minimum Gasteiger partial charge on any atom is -0.393 e. The summed E-state index contributed by atoms with van der Waals surface area (Å²) < 4.78 is 0. The van der Waals surface area contributed by atoms with Crippen molar-refractivity contribution in [3.05, 3.63) is 11.6 Å². The highest BCUT2D eigenvalue weighted by Crippen LogP contribution is 2.28. The minimum absolute atomic E-state index is 0.156. The summed E-state index contributed by atoms with van der Waals surface area (Å²) in [4.78, 5) is 6.81. The maximum Gasteiger partial charge on any atom is 0.150 e. The van der Waals surface area contributed by atoms with Crippen molar-refractivity contribution >= 4 is 0 Å². The molecule has 5 nitrogen and oxygen atoms in total. The zero-order chi connectivity index (χ0) is 13.2. The Balaban J connectivity index is 1.99. The Morgan fingerprint density at radius 1 is 1.50 bits per heavy atom. The van der Waals surface area contributed by atoms with Gasteiger partial charge in [0.2, 0.25) is 0 Å². The standard InChI is InChI=1S/C13H24N4O/c1-4-11-14-12(16-15-11)8-17-6-5-10(18)7-13(2,3)9-17/h10,18H,4-9H2,1-3H3,(H,14,15,16). The van der Waals surface area contributed by atoms with Crippen molar-refractivity contribution in [1.82, 2.24) is 20.1 Å². The number of H-pyrrole nitrogens is 1. The largest absolute Gasteiger partial charge is 0.393 e. The lowest BCUT2D eigenvalue weighted by atomic mass is 9.87. The van der Waals surface area contributed by atoms with Gasteiger partial charge in [-0.15, -0.1) is 0 Å². The van der Waals surface area contributed by atoms with E-state index in [1.807, 2.05) is 0 Å². The van der Waals surface area contributed by atoms with Crippen LogP contribution in [0.2, 0.25) is 0 Å². The first-order valence-electron chi connectivity index (χ1n) is 6.79. The molecule has 1 aromatic heterocycles. The number of nitrogens with zero attached hydrogens (tertiary/aromatic N) is 3. The van der Waals surface area contributed by atoms with Crippen LogP contribution in [0.5, 0.6) is 0 Å². The van der Waals surface area contributed by atoms with Gasteiger partial charge < -0.3 is 5.11 Å². The molecule has 2 N–H and O–H groups in total. The SMILES string of the molecule is CCc1n[nH]c(CN2CCC(O)CC(C)(C)C2)n1. The molecule has 5 heteroatoms. The lowest BCUT2D eigenvalue weighted by Crippen LogP contribution is -2.32. The molecule has 1 atom stereocenters. The Labute approximate surface area is 109 Å². The topological polar surface area (TPSA) is 65.0 Å². The number of aryl methyl sites for hydroxylation is 1. The van der Waals surface area contributed by atoms with Gasteiger partial charge in [-0.2, -0.15) is 5.10 Å². The second-order valence-electron chi connectivity index (χ2n) is 6.07. The van der Waals surface area contributed by atoms with Crippen LogP contribution >= 0.6 is 0 Å². The number of rotatable bonds is 3. The van der Waals surface area contributed by atoms with E-state index in [-0.39, 0.29) is 11.5 Å². The van der Waals surface area contributed by atoms with Crippen molar-refractivity contribution in [2.24, 2.45) is 5.41 Å². The number of aromatic amines is 1. The van der Waals surface area contributed by atoms with Crippen LogP contribution in [0.25, 0.3) is 0 Å². The van der Waals surface area contributed by atoms with Crippen LogP contribution in [-0.4, -0.2) is 44.4 Å². The van der Waals surface area contributed by atoms with Gasteiger partial charge in [0.1, 0.15) is 11.6 Å². The minimum atomic E-state index is -0.175. The van der Waals surface area contributed by atoms with Gasteiger partial charge in [-0.1, -0.05) is 20.8 Å². The van der Waals surface area contributed by atoms with Gasteiger partial charge in [0.05, 0.1) is 12.6 Å². The van der Waals surface area contributed by atoms with E-state index in [1.54, 1.807) is 0 Å². The average molecular weight is 252 g/mol. The number of hydrogen-bond acceptors (Lipinski definition) is 4. The molecule has 1 aliphatic heterocycles. The Bertz CT molecular complexity index is 388. The van der Waals surface area contributed by atoms with Crippen LogP contribution in [0, 0.1) is 5.41 Å². The second-order valence-corrected chi connectivity index (χ2v) is 6.07. The molecule has 0 spiro atoms. The first-order chi connectivity index (χ1) is 8.48. The van der Waals surface area contributed by atoms with Crippen molar-refractivity contribution in [2.45, 2.75) is 52.7 Å². The lowest BCUT2D eigenvalue weighted by Gasteiger charge is -2.29. The van der Waals surface area contributed by atoms with Crippen LogP contribution in [0.15, 0.2) is 0 Å². The van der Waals surface area contributed by atoms with Crippen LogP contribution in [0.4, 0.5) is 0 Å². The summed E-state index contributed by atoms with van der Waals surface area (Å²) >= 11 is 0. The Morgan fingerprint density at radius 2 is 2.28 bits per heavy atom. The van der Waals surface area contributed by atoms with E-state index in [2.05, 4.69) is 40.9 Å². The van der Waals surface area contributed by atoms with E-state index in [0.29, 0.717) is 0 Å². The molecule has 2 heterocycles. The van der Waals surface area contributed by atoms with Crippen LogP contribution in [0.3, 0.4) is 0 Å². The smallest absolute Gasteiger partial charge is 0.150 e. The number of likely N-dealkylation sites (tertiary alicyclic amines) is 1. The van der Waals surface area contributed by atoms with Gasteiger partial charge >= 0.3 is 0 Å². The summed E-state index contributed by atoms with van der Waals surface area (Å²) in [7, 11) is 0. The van der Waals surface area contributed by atoms with Crippen molar-refractivity contribution < 1.29 is 5.11 Å². The van der Waals surface area contributed by atoms with E-state index in [9.17, 15) is 5.11 Å². The third-order valence-electron chi connectivity index (χ3n) is 3.49. The maximum atomic E-state index is 9.89. The molecule has 1 unspecified atom stereocenters. The van der Waals surface area contributed by atoms with Crippen molar-refractivity contribution in [1.29, 1.82) is 0 Å². The van der Waals surface area contributed by atoms with Gasteiger partial charge in [0, 0.05) is 19.5 Å². The molecule has 0 aliphatic carbocycles. The van der Waals surface area contributed by atoms with Crippen LogP contribution in [-0.2, 0) is 13.0 Å². The molecule has 0 saturated carbocycles. The predicted octanol–water partition coefficient (Wildman–Crippen LogP) is 1.35. The molecule has 1 aliphatic rings. The number of aliphatic hydroxyl groups excluding tert-OH is 1. The highest BCUT2D eigenvalue weighted by Gasteiger charge is 2.29. The summed E-state index contributed by atoms with van der Waals surface area (Å²) in [5, 5.41) is 17.0. The quantitative estimate of drug-likeness (QED) is 0.852. The average Bonchev–Trinajstić information content (AvgIpc) is 2.67. The Hall–Kier alpha value is -0.940.